The van der Waals surface area contributed by atoms with Crippen LogP contribution in [0.4, 0.5) is 4.79 Å². The van der Waals surface area contributed by atoms with Crippen LogP contribution >= 0.6 is 24.0 Å². The van der Waals surface area contributed by atoms with Gasteiger partial charge in [0.25, 0.3) is 5.91 Å². The van der Waals surface area contributed by atoms with Gasteiger partial charge in [-0.15, -0.1) is 24.0 Å². The number of aliphatic imine (C=N–C) groups is 1. The Hall–Kier alpha value is -1.06. The van der Waals surface area contributed by atoms with E-state index in [1.807, 2.05) is 6.92 Å². The maximum absolute atomic E-state index is 12.2. The number of amides is 3. The van der Waals surface area contributed by atoms with Crippen molar-refractivity contribution >= 4 is 41.9 Å². The third-order valence-electron chi connectivity index (χ3n) is 4.21. The fraction of sp³-hybridized carbons (Fsp3) is 0.812. The van der Waals surface area contributed by atoms with Crippen molar-refractivity contribution in [3.8, 4) is 0 Å². The lowest BCUT2D eigenvalue weighted by atomic mass is 9.99. The minimum Gasteiger partial charge on any atom is -0.370 e. The van der Waals surface area contributed by atoms with Gasteiger partial charge in [0.1, 0.15) is 5.54 Å². The van der Waals surface area contributed by atoms with Crippen molar-refractivity contribution in [3.63, 3.8) is 0 Å². The van der Waals surface area contributed by atoms with Gasteiger partial charge in [0.2, 0.25) is 0 Å². The number of rotatable bonds is 10. The summed E-state index contributed by atoms with van der Waals surface area (Å²) in [6.45, 7) is 7.51. The van der Waals surface area contributed by atoms with E-state index in [9.17, 15) is 9.59 Å². The summed E-state index contributed by atoms with van der Waals surface area (Å²) in [7, 11) is 0. The zero-order valence-electron chi connectivity index (χ0n) is 15.1. The summed E-state index contributed by atoms with van der Waals surface area (Å²) in [6, 6.07) is -0.314. The molecule has 1 aliphatic heterocycles. The Labute approximate surface area is 162 Å². The van der Waals surface area contributed by atoms with Gasteiger partial charge in [0.05, 0.1) is 0 Å². The molecule has 4 N–H and O–H groups in total. The molecule has 24 heavy (non-hydrogen) atoms. The van der Waals surface area contributed by atoms with Crippen molar-refractivity contribution in [1.82, 2.24) is 15.5 Å². The van der Waals surface area contributed by atoms with E-state index in [0.29, 0.717) is 31.9 Å². The van der Waals surface area contributed by atoms with E-state index in [-0.39, 0.29) is 35.9 Å². The molecule has 1 rings (SSSR count). The Bertz CT molecular complexity index is 444. The number of guanidine groups is 1. The zero-order chi connectivity index (χ0) is 17.3. The van der Waals surface area contributed by atoms with Gasteiger partial charge in [0.15, 0.2) is 5.96 Å². The molecular weight excluding hydrogens is 421 g/mol. The number of unbranched alkanes of at least 4 members (excludes halogenated alkanes) is 3. The highest BCUT2D eigenvalue weighted by atomic mass is 127. The molecule has 8 heteroatoms. The SMILES string of the molecule is CCCCCCNC(N)=NCCCN1C(=O)NC(C)(CC)C1=O.I. The number of hydrogen-bond acceptors (Lipinski definition) is 3. The van der Waals surface area contributed by atoms with Crippen LogP contribution in [0.2, 0.25) is 0 Å². The first-order valence-electron chi connectivity index (χ1n) is 8.62. The van der Waals surface area contributed by atoms with Crippen LogP contribution in [0.5, 0.6) is 0 Å². The summed E-state index contributed by atoms with van der Waals surface area (Å²) >= 11 is 0. The van der Waals surface area contributed by atoms with Gasteiger partial charge in [-0.2, -0.15) is 0 Å². The standard InChI is InChI=1S/C16H31N5O2.HI/c1-4-6-7-8-10-18-14(17)19-11-9-12-21-13(22)16(3,5-2)20-15(21)23;/h4-12H2,1-3H3,(H,20,23)(H3,17,18,19);1H. The highest BCUT2D eigenvalue weighted by molar-refractivity contribution is 14.0. The molecule has 1 aliphatic rings. The fourth-order valence-electron chi connectivity index (χ4n) is 2.44. The van der Waals surface area contributed by atoms with Crippen molar-refractivity contribution in [2.24, 2.45) is 10.7 Å². The average molecular weight is 453 g/mol. The van der Waals surface area contributed by atoms with Gasteiger partial charge in [-0.25, -0.2) is 4.79 Å². The van der Waals surface area contributed by atoms with Gasteiger partial charge < -0.3 is 16.4 Å². The van der Waals surface area contributed by atoms with Crippen LogP contribution in [-0.2, 0) is 4.79 Å². The smallest absolute Gasteiger partial charge is 0.325 e. The lowest BCUT2D eigenvalue weighted by molar-refractivity contribution is -0.130. The molecule has 0 aromatic heterocycles. The molecule has 0 spiro atoms. The summed E-state index contributed by atoms with van der Waals surface area (Å²) in [4.78, 5) is 29.5. The summed E-state index contributed by atoms with van der Waals surface area (Å²) in [5, 5.41) is 5.82. The van der Waals surface area contributed by atoms with E-state index in [0.717, 1.165) is 13.0 Å². The molecule has 0 bridgehead atoms. The van der Waals surface area contributed by atoms with Crippen LogP contribution in [0.1, 0.15) is 59.3 Å². The molecule has 0 aromatic rings. The molecule has 1 saturated heterocycles. The summed E-state index contributed by atoms with van der Waals surface area (Å²) < 4.78 is 0. The minimum absolute atomic E-state index is 0. The molecule has 1 atom stereocenters. The molecule has 3 amide bonds. The van der Waals surface area contributed by atoms with E-state index < -0.39 is 5.54 Å². The first kappa shape index (κ1) is 22.9. The number of halogens is 1. The number of nitrogens with one attached hydrogen (secondary N) is 2. The summed E-state index contributed by atoms with van der Waals surface area (Å²) in [5.41, 5.74) is 5.02. The second kappa shape index (κ2) is 11.5. The number of nitrogens with zero attached hydrogens (tertiary/aromatic N) is 2. The Morgan fingerprint density at radius 1 is 1.25 bits per heavy atom. The Morgan fingerprint density at radius 2 is 1.96 bits per heavy atom. The lowest BCUT2D eigenvalue weighted by Gasteiger charge is -2.19. The maximum Gasteiger partial charge on any atom is 0.325 e. The van der Waals surface area contributed by atoms with E-state index in [1.54, 1.807) is 6.92 Å². The number of nitrogens with two attached hydrogens (primary N) is 1. The third-order valence-corrected chi connectivity index (χ3v) is 4.21. The molecule has 0 radical (unpaired) electrons. The Kier molecular flexibility index (Phi) is 11.0. The zero-order valence-corrected chi connectivity index (χ0v) is 17.4. The maximum atomic E-state index is 12.2. The molecule has 140 valence electrons. The molecule has 1 heterocycles. The average Bonchev–Trinajstić information content (AvgIpc) is 2.74. The van der Waals surface area contributed by atoms with E-state index >= 15 is 0 Å². The highest BCUT2D eigenvalue weighted by Crippen LogP contribution is 2.20. The molecule has 1 unspecified atom stereocenters. The second-order valence-corrected chi connectivity index (χ2v) is 6.18. The van der Waals surface area contributed by atoms with Gasteiger partial charge in [0, 0.05) is 19.6 Å². The van der Waals surface area contributed by atoms with Gasteiger partial charge in [-0.3, -0.25) is 14.7 Å². The second-order valence-electron chi connectivity index (χ2n) is 6.18. The van der Waals surface area contributed by atoms with Crippen LogP contribution in [0.3, 0.4) is 0 Å². The molecule has 0 aromatic carbocycles. The van der Waals surface area contributed by atoms with Crippen LogP contribution in [0.15, 0.2) is 4.99 Å². The Morgan fingerprint density at radius 3 is 2.54 bits per heavy atom. The number of hydrogen-bond donors (Lipinski definition) is 3. The third kappa shape index (κ3) is 6.82. The monoisotopic (exact) mass is 453 g/mol. The fourth-order valence-corrected chi connectivity index (χ4v) is 2.44. The first-order chi connectivity index (χ1) is 10.9. The van der Waals surface area contributed by atoms with Crippen molar-refractivity contribution in [3.05, 3.63) is 0 Å². The highest BCUT2D eigenvalue weighted by Gasteiger charge is 2.45. The van der Waals surface area contributed by atoms with Crippen LogP contribution in [-0.4, -0.2) is 48.0 Å². The van der Waals surface area contributed by atoms with Crippen molar-refractivity contribution in [1.29, 1.82) is 0 Å². The van der Waals surface area contributed by atoms with Crippen LogP contribution < -0.4 is 16.4 Å². The van der Waals surface area contributed by atoms with Crippen molar-refractivity contribution in [2.45, 2.75) is 64.8 Å². The van der Waals surface area contributed by atoms with Crippen molar-refractivity contribution < 1.29 is 9.59 Å². The van der Waals surface area contributed by atoms with Crippen LogP contribution in [0, 0.1) is 0 Å². The quantitative estimate of drug-likeness (QED) is 0.155. The number of carbonyl (C=O) groups is 2. The van der Waals surface area contributed by atoms with E-state index in [1.165, 1.54) is 24.2 Å². The van der Waals surface area contributed by atoms with Gasteiger partial charge in [-0.05, 0) is 26.2 Å². The predicted molar refractivity (Wildman–Crippen MR) is 108 cm³/mol. The molecule has 0 saturated carbocycles. The number of carbonyl (C=O) groups excluding carboxylic acids is 2. The van der Waals surface area contributed by atoms with E-state index in [4.69, 9.17) is 5.73 Å². The largest absolute Gasteiger partial charge is 0.370 e. The van der Waals surface area contributed by atoms with Crippen molar-refractivity contribution in [2.75, 3.05) is 19.6 Å². The van der Waals surface area contributed by atoms with Gasteiger partial charge in [-0.1, -0.05) is 33.1 Å². The number of imide groups is 1. The minimum atomic E-state index is -0.764. The predicted octanol–water partition coefficient (Wildman–Crippen LogP) is 2.20. The number of urea groups is 1. The summed E-state index contributed by atoms with van der Waals surface area (Å²) in [5.74, 6) is 0.271. The molecule has 1 fully saturated rings. The first-order valence-corrected chi connectivity index (χ1v) is 8.62. The van der Waals surface area contributed by atoms with E-state index in [2.05, 4.69) is 22.5 Å². The molecule has 7 nitrogen and oxygen atoms in total. The van der Waals surface area contributed by atoms with Crippen LogP contribution in [0.25, 0.3) is 0 Å². The van der Waals surface area contributed by atoms with Gasteiger partial charge >= 0.3 is 6.03 Å². The normalized spacial score (nSPS) is 20.8. The molecular formula is C16H32IN5O2. The topological polar surface area (TPSA) is 99.8 Å². The summed E-state index contributed by atoms with van der Waals surface area (Å²) in [6.07, 6.45) is 5.92. The lowest BCUT2D eigenvalue weighted by Crippen LogP contribution is -2.43. The Balaban J connectivity index is 0.00000529. The molecule has 0 aliphatic carbocycles.